The fourth-order valence-electron chi connectivity index (χ4n) is 8.46. The molecule has 0 saturated heterocycles. The van der Waals surface area contributed by atoms with Crippen LogP contribution in [0.25, 0.3) is 0 Å². The normalized spacial score (nSPS) is 13.9. The number of aliphatic carboxylic acids is 3. The van der Waals surface area contributed by atoms with E-state index < -0.39 is 34.7 Å². The number of unbranched alkanes of at least 4 members (excludes halogenated alkanes) is 36. The van der Waals surface area contributed by atoms with Crippen molar-refractivity contribution in [2.45, 2.75) is 347 Å². The number of carbonyl (C=O) groups excluding carboxylic acids is 3. The van der Waals surface area contributed by atoms with Crippen LogP contribution in [0.15, 0.2) is 36.5 Å². The number of carbonyl (C=O) groups is 3. The van der Waals surface area contributed by atoms with Gasteiger partial charge < -0.3 is 45.0 Å². The number of hydrogen-bond donors (Lipinski definition) is 3. The van der Waals surface area contributed by atoms with Crippen molar-refractivity contribution in [2.75, 3.05) is 0 Å². The minimum absolute atomic E-state index is 0. The third kappa shape index (κ3) is 60.8. The summed E-state index contributed by atoms with van der Waals surface area (Å²) in [7, 11) is 0. The molecule has 3 atom stereocenters. The summed E-state index contributed by atoms with van der Waals surface area (Å²) < 4.78 is 0. The minimum atomic E-state index is -1.67. The van der Waals surface area contributed by atoms with E-state index in [-0.39, 0.29) is 36.6 Å². The molecule has 0 bridgehead atoms. The average Bonchev–Trinajstić information content (AvgIpc) is 3.33. The first-order valence-electron chi connectivity index (χ1n) is 30.3. The maximum absolute atomic E-state index is 10.6. The third-order valence-electron chi connectivity index (χ3n) is 13.8. The Morgan fingerprint density at radius 1 is 0.288 bits per heavy atom. The number of rotatable bonds is 51. The predicted molar refractivity (Wildman–Crippen MR) is 305 cm³/mol. The van der Waals surface area contributed by atoms with Gasteiger partial charge in [0.2, 0.25) is 0 Å². The van der Waals surface area contributed by atoms with Gasteiger partial charge in [0.1, 0.15) is 16.8 Å². The maximum Gasteiger partial charge on any atom is 3.00 e. The Hall–Kier alpha value is -1.96. The van der Waals surface area contributed by atoms with E-state index in [0.29, 0.717) is 0 Å². The first kappa shape index (κ1) is 77.5. The Balaban J connectivity index is -0.000000486. The Labute approximate surface area is 461 Å². The van der Waals surface area contributed by atoms with E-state index in [1.54, 1.807) is 0 Å². The van der Waals surface area contributed by atoms with Gasteiger partial charge >= 0.3 is 17.4 Å². The summed E-state index contributed by atoms with van der Waals surface area (Å²) in [5, 5.41) is 60.5. The number of carboxylic acid groups (broad SMARTS) is 3. The number of aliphatic hydroxyl groups is 3. The van der Waals surface area contributed by atoms with E-state index >= 15 is 0 Å². The van der Waals surface area contributed by atoms with Crippen LogP contribution in [0, 0.1) is 0 Å². The first-order chi connectivity index (χ1) is 34.5. The summed E-state index contributed by atoms with van der Waals surface area (Å²) in [6.45, 7) is 10.7. The average molecular weight is 1050 g/mol. The summed E-state index contributed by atoms with van der Waals surface area (Å²) in [5.74, 6) is -4.10. The molecule has 3 N–H and O–H groups in total. The van der Waals surface area contributed by atoms with Gasteiger partial charge in [-0.3, -0.25) is 0 Å². The molecule has 0 saturated carbocycles. The molecule has 3 unspecified atom stereocenters. The van der Waals surface area contributed by atoms with Gasteiger partial charge in [-0.2, -0.15) is 0 Å². The molecule has 9 nitrogen and oxygen atoms in total. The minimum Gasteiger partial charge on any atom is -0.547 e. The molecule has 0 aliphatic carbocycles. The van der Waals surface area contributed by atoms with Crippen molar-refractivity contribution < 1.29 is 45.0 Å². The second kappa shape index (κ2) is 57.7. The zero-order chi connectivity index (χ0) is 54.3. The third-order valence-corrected chi connectivity index (χ3v) is 13.8. The van der Waals surface area contributed by atoms with Gasteiger partial charge in [-0.05, 0) is 117 Å². The van der Waals surface area contributed by atoms with Crippen molar-refractivity contribution in [3.63, 3.8) is 0 Å². The van der Waals surface area contributed by atoms with Gasteiger partial charge in [0.25, 0.3) is 0 Å². The van der Waals surface area contributed by atoms with Gasteiger partial charge in [0, 0.05) is 0 Å². The van der Waals surface area contributed by atoms with Crippen LogP contribution in [0.2, 0.25) is 0 Å². The molecular weight excluding hydrogens is 928 g/mol. The molecular formula is C63H117AlO9. The molecule has 0 aromatic heterocycles. The van der Waals surface area contributed by atoms with E-state index in [4.69, 9.17) is 0 Å². The van der Waals surface area contributed by atoms with Crippen LogP contribution in [-0.2, 0) is 14.4 Å². The molecule has 0 fully saturated rings. The molecule has 0 spiro atoms. The van der Waals surface area contributed by atoms with Gasteiger partial charge in [-0.25, -0.2) is 0 Å². The quantitative estimate of drug-likeness (QED) is 0.0303. The van der Waals surface area contributed by atoms with E-state index in [0.717, 1.165) is 57.8 Å². The molecule has 0 aliphatic heterocycles. The van der Waals surface area contributed by atoms with Crippen LogP contribution in [0.3, 0.4) is 0 Å². The molecule has 0 aliphatic rings. The zero-order valence-electron chi connectivity index (χ0n) is 48.7. The summed E-state index contributed by atoms with van der Waals surface area (Å²) in [6, 6.07) is 0. The van der Waals surface area contributed by atoms with Gasteiger partial charge in [0.05, 0.1) is 17.9 Å². The zero-order valence-corrected chi connectivity index (χ0v) is 49.8. The van der Waals surface area contributed by atoms with Crippen molar-refractivity contribution in [1.82, 2.24) is 0 Å². The largest absolute Gasteiger partial charge is 3.00 e. The Morgan fingerprint density at radius 3 is 0.575 bits per heavy atom. The molecule has 0 aromatic carbocycles. The number of allylic oxidation sites excluding steroid dienone is 6. The number of hydrogen-bond acceptors (Lipinski definition) is 9. The van der Waals surface area contributed by atoms with Gasteiger partial charge in [-0.15, -0.1) is 0 Å². The molecule has 10 heteroatoms. The van der Waals surface area contributed by atoms with Crippen LogP contribution in [0.4, 0.5) is 0 Å². The van der Waals surface area contributed by atoms with Crippen LogP contribution in [0.1, 0.15) is 330 Å². The van der Waals surface area contributed by atoms with Crippen molar-refractivity contribution in [3.05, 3.63) is 36.5 Å². The smallest absolute Gasteiger partial charge is 0.547 e. The molecule has 0 heterocycles. The Morgan fingerprint density at radius 2 is 0.425 bits per heavy atom. The molecule has 426 valence electrons. The summed E-state index contributed by atoms with van der Waals surface area (Å²) in [5.41, 5.74) is -5.00. The molecule has 73 heavy (non-hydrogen) atoms. The second-order valence-electron chi connectivity index (χ2n) is 21.7. The van der Waals surface area contributed by atoms with Crippen LogP contribution < -0.4 is 15.3 Å². The maximum atomic E-state index is 10.6. The van der Waals surface area contributed by atoms with E-state index in [2.05, 4.69) is 57.2 Å². The fourth-order valence-corrected chi connectivity index (χ4v) is 8.46. The molecule has 0 amide bonds. The molecule has 0 radical (unpaired) electrons. The van der Waals surface area contributed by atoms with Crippen molar-refractivity contribution in [2.24, 2.45) is 0 Å². The van der Waals surface area contributed by atoms with Gasteiger partial charge in [-0.1, -0.05) is 250 Å². The van der Waals surface area contributed by atoms with Crippen LogP contribution in [0.5, 0.6) is 0 Å². The monoisotopic (exact) mass is 1040 g/mol. The predicted octanol–water partition coefficient (Wildman–Crippen LogP) is 14.4. The SMILES string of the molecule is CCCCCCCC/C=C/CCCCCCCCC(C)(O)C(=O)[O-].CCCCCCCC/C=C/CCCCCCCCC(C)(O)C(=O)[O-].CCCCCCCC/C=C/CCCCCCCCC(C)(O)C(=O)[O-].[Al+3]. The number of carboxylic acids is 3. The molecule has 0 aromatic rings. The van der Waals surface area contributed by atoms with E-state index in [9.17, 15) is 45.0 Å². The summed E-state index contributed by atoms with van der Waals surface area (Å²) in [6.07, 6.45) is 66.1. The fraction of sp³-hybridized carbons (Fsp3) is 0.857. The topological polar surface area (TPSA) is 181 Å². The molecule has 0 rings (SSSR count). The Kier molecular flexibility index (Phi) is 61.3. The van der Waals surface area contributed by atoms with E-state index in [1.165, 1.54) is 233 Å². The second-order valence-corrected chi connectivity index (χ2v) is 21.7. The van der Waals surface area contributed by atoms with Crippen molar-refractivity contribution in [1.29, 1.82) is 0 Å². The first-order valence-corrected chi connectivity index (χ1v) is 30.3. The van der Waals surface area contributed by atoms with Crippen molar-refractivity contribution >= 4 is 35.3 Å². The van der Waals surface area contributed by atoms with Gasteiger partial charge in [0.15, 0.2) is 0 Å². The summed E-state index contributed by atoms with van der Waals surface area (Å²) in [4.78, 5) is 31.9. The summed E-state index contributed by atoms with van der Waals surface area (Å²) >= 11 is 0. The van der Waals surface area contributed by atoms with Crippen LogP contribution in [-0.4, -0.2) is 67.4 Å². The standard InChI is InChI=1S/3C21H40O3.Al/c3*1-3-4-5-6-7-8-9-10-11-12-13-14-15-16-17-18-19-21(2,24)20(22)23;/h3*10-11,24H,3-9,12-19H2,1-2H3,(H,22,23);/q;;;+3/p-3/b3*11-10+;. The van der Waals surface area contributed by atoms with Crippen LogP contribution >= 0.6 is 0 Å². The van der Waals surface area contributed by atoms with Crippen molar-refractivity contribution in [3.8, 4) is 0 Å². The Bertz CT molecular complexity index is 1120. The van der Waals surface area contributed by atoms with E-state index in [1.807, 2.05) is 0 Å².